The van der Waals surface area contributed by atoms with Gasteiger partial charge in [-0.25, -0.2) is 14.2 Å². The largest absolute Gasteiger partial charge is 0.466 e. The smallest absolute Gasteiger partial charge is 0.317 e. The van der Waals surface area contributed by atoms with E-state index in [1.54, 1.807) is 36.4 Å². The molecule has 0 atom stereocenters. The number of nitrogens with zero attached hydrogens (tertiary/aromatic N) is 3. The molecule has 0 bridgehead atoms. The standard InChI is InChI=1S/C28H32FN5O5/c1-3-37-25(35)20-10-14-34(15-11-20)27(36)33-28(2)16-38-26(39-17-28)24-31-22(18-4-6-21(29)7-5-18)23(32-24)19-8-12-30-13-9-19/h4-9,12-13,20,26H,3,10-11,14-17H2,1-2H3,(H,31,32)(H,33,36). The van der Waals surface area contributed by atoms with Crippen molar-refractivity contribution in [1.82, 2.24) is 25.2 Å². The summed E-state index contributed by atoms with van der Waals surface area (Å²) in [6.07, 6.45) is 3.75. The van der Waals surface area contributed by atoms with Crippen LogP contribution in [0.15, 0.2) is 48.8 Å². The van der Waals surface area contributed by atoms with Gasteiger partial charge in [0.2, 0.25) is 6.29 Å². The number of aromatic nitrogens is 3. The lowest BCUT2D eigenvalue weighted by Crippen LogP contribution is -2.59. The molecule has 3 aromatic rings. The van der Waals surface area contributed by atoms with E-state index in [4.69, 9.17) is 19.2 Å². The first-order valence-electron chi connectivity index (χ1n) is 13.1. The lowest BCUT2D eigenvalue weighted by molar-refractivity contribution is -0.215. The topological polar surface area (TPSA) is 119 Å². The first-order chi connectivity index (χ1) is 18.8. The Morgan fingerprint density at radius 1 is 1.10 bits per heavy atom. The van der Waals surface area contributed by atoms with Crippen molar-refractivity contribution in [2.75, 3.05) is 32.9 Å². The number of urea groups is 1. The summed E-state index contributed by atoms with van der Waals surface area (Å²) in [5, 5.41) is 3.03. The number of hydrogen-bond donors (Lipinski definition) is 2. The second kappa shape index (κ2) is 11.5. The zero-order valence-corrected chi connectivity index (χ0v) is 22.0. The molecule has 1 aromatic carbocycles. The summed E-state index contributed by atoms with van der Waals surface area (Å²) in [5.74, 6) is -0.228. The van der Waals surface area contributed by atoms with Gasteiger partial charge in [0.25, 0.3) is 0 Å². The number of ether oxygens (including phenoxy) is 3. The number of pyridine rings is 1. The molecule has 0 aliphatic carbocycles. The number of carbonyl (C=O) groups excluding carboxylic acids is 2. The summed E-state index contributed by atoms with van der Waals surface area (Å²) in [6, 6.07) is 9.61. The lowest BCUT2D eigenvalue weighted by Gasteiger charge is -2.39. The van der Waals surface area contributed by atoms with Gasteiger partial charge in [0.15, 0.2) is 5.82 Å². The molecule has 5 rings (SSSR count). The lowest BCUT2D eigenvalue weighted by atomic mass is 9.97. The van der Waals surface area contributed by atoms with E-state index in [-0.39, 0.29) is 36.9 Å². The second-order valence-electron chi connectivity index (χ2n) is 10.0. The highest BCUT2D eigenvalue weighted by atomic mass is 19.1. The predicted molar refractivity (Wildman–Crippen MR) is 140 cm³/mol. The molecule has 0 radical (unpaired) electrons. The number of imidazole rings is 1. The number of carbonyl (C=O) groups is 2. The van der Waals surface area contributed by atoms with Crippen LogP contribution in [0.2, 0.25) is 0 Å². The van der Waals surface area contributed by atoms with Crippen LogP contribution >= 0.6 is 0 Å². The van der Waals surface area contributed by atoms with Gasteiger partial charge in [0.05, 0.1) is 42.7 Å². The molecule has 2 aliphatic rings. The summed E-state index contributed by atoms with van der Waals surface area (Å²) in [5.41, 5.74) is 2.23. The van der Waals surface area contributed by atoms with Crippen molar-refractivity contribution >= 4 is 12.0 Å². The molecule has 0 spiro atoms. The molecule has 10 nitrogen and oxygen atoms in total. The van der Waals surface area contributed by atoms with E-state index >= 15 is 0 Å². The average Bonchev–Trinajstić information content (AvgIpc) is 3.40. The Morgan fingerprint density at radius 2 is 1.77 bits per heavy atom. The molecule has 2 aromatic heterocycles. The van der Waals surface area contributed by atoms with E-state index in [0.717, 1.165) is 16.8 Å². The molecule has 2 aliphatic heterocycles. The maximum absolute atomic E-state index is 13.6. The van der Waals surface area contributed by atoms with E-state index in [9.17, 15) is 14.0 Å². The van der Waals surface area contributed by atoms with E-state index in [1.165, 1.54) is 12.1 Å². The van der Waals surface area contributed by atoms with Crippen LogP contribution in [0.3, 0.4) is 0 Å². The number of esters is 1. The number of benzene rings is 1. The van der Waals surface area contributed by atoms with Gasteiger partial charge in [0.1, 0.15) is 5.82 Å². The molecular weight excluding hydrogens is 505 g/mol. The number of likely N-dealkylation sites (tertiary alicyclic amines) is 1. The van der Waals surface area contributed by atoms with Gasteiger partial charge >= 0.3 is 12.0 Å². The van der Waals surface area contributed by atoms with Gasteiger partial charge in [-0.1, -0.05) is 0 Å². The van der Waals surface area contributed by atoms with Gasteiger partial charge in [0, 0.05) is 36.6 Å². The zero-order chi connectivity index (χ0) is 27.4. The fraction of sp³-hybridized carbons (Fsp3) is 0.429. The number of nitrogens with one attached hydrogen (secondary N) is 2. The number of amides is 2. The summed E-state index contributed by atoms with van der Waals surface area (Å²) in [4.78, 5) is 38.8. The number of aromatic amines is 1. The fourth-order valence-corrected chi connectivity index (χ4v) is 4.80. The molecule has 4 heterocycles. The van der Waals surface area contributed by atoms with Crippen LogP contribution in [0.4, 0.5) is 9.18 Å². The Morgan fingerprint density at radius 3 is 2.41 bits per heavy atom. The number of hydrogen-bond acceptors (Lipinski definition) is 7. The van der Waals surface area contributed by atoms with Crippen molar-refractivity contribution in [2.24, 2.45) is 5.92 Å². The van der Waals surface area contributed by atoms with Crippen molar-refractivity contribution < 1.29 is 28.2 Å². The van der Waals surface area contributed by atoms with E-state index in [1.807, 2.05) is 19.1 Å². The molecule has 206 valence electrons. The third-order valence-electron chi connectivity index (χ3n) is 6.95. The maximum atomic E-state index is 13.6. The summed E-state index contributed by atoms with van der Waals surface area (Å²) in [7, 11) is 0. The molecule has 0 unspecified atom stereocenters. The molecule has 2 saturated heterocycles. The zero-order valence-electron chi connectivity index (χ0n) is 22.0. The highest BCUT2D eigenvalue weighted by Crippen LogP contribution is 2.34. The Kier molecular flexibility index (Phi) is 7.89. The van der Waals surface area contributed by atoms with Crippen LogP contribution in [-0.2, 0) is 19.0 Å². The number of H-pyrrole nitrogens is 1. The van der Waals surface area contributed by atoms with Gasteiger partial charge in [-0.2, -0.15) is 0 Å². The normalized spacial score (nSPS) is 21.9. The summed E-state index contributed by atoms with van der Waals surface area (Å²) < 4.78 is 30.7. The minimum Gasteiger partial charge on any atom is -0.466 e. The summed E-state index contributed by atoms with van der Waals surface area (Å²) >= 11 is 0. The fourth-order valence-electron chi connectivity index (χ4n) is 4.80. The summed E-state index contributed by atoms with van der Waals surface area (Å²) in [6.45, 7) is 5.38. The highest BCUT2D eigenvalue weighted by Gasteiger charge is 2.38. The monoisotopic (exact) mass is 537 g/mol. The Labute approximate surface area is 225 Å². The second-order valence-corrected chi connectivity index (χ2v) is 10.0. The van der Waals surface area contributed by atoms with Crippen molar-refractivity contribution in [2.45, 2.75) is 38.5 Å². The molecule has 11 heteroatoms. The van der Waals surface area contributed by atoms with E-state index in [0.29, 0.717) is 44.1 Å². The quantitative estimate of drug-likeness (QED) is 0.455. The van der Waals surface area contributed by atoms with Crippen molar-refractivity contribution in [1.29, 1.82) is 0 Å². The number of piperidine rings is 1. The van der Waals surface area contributed by atoms with Gasteiger partial charge in [-0.15, -0.1) is 0 Å². The van der Waals surface area contributed by atoms with Crippen LogP contribution in [0.1, 0.15) is 38.8 Å². The van der Waals surface area contributed by atoms with Gasteiger partial charge < -0.3 is 29.4 Å². The molecular formula is C28H32FN5O5. The van der Waals surface area contributed by atoms with E-state index < -0.39 is 11.8 Å². The third-order valence-corrected chi connectivity index (χ3v) is 6.95. The molecule has 0 saturated carbocycles. The average molecular weight is 538 g/mol. The van der Waals surface area contributed by atoms with Crippen LogP contribution < -0.4 is 5.32 Å². The maximum Gasteiger partial charge on any atom is 0.317 e. The number of halogens is 1. The third kappa shape index (κ3) is 6.10. The Balaban J connectivity index is 1.23. The first kappa shape index (κ1) is 26.8. The highest BCUT2D eigenvalue weighted by molar-refractivity contribution is 5.78. The van der Waals surface area contributed by atoms with Crippen molar-refractivity contribution in [3.63, 3.8) is 0 Å². The minimum atomic E-state index is -0.773. The minimum absolute atomic E-state index is 0.170. The Bertz CT molecular complexity index is 1280. The number of rotatable bonds is 6. The van der Waals surface area contributed by atoms with Crippen molar-refractivity contribution in [3.8, 4) is 22.5 Å². The van der Waals surface area contributed by atoms with Gasteiger partial charge in [-0.3, -0.25) is 9.78 Å². The molecule has 39 heavy (non-hydrogen) atoms. The van der Waals surface area contributed by atoms with Gasteiger partial charge in [-0.05, 0) is 63.1 Å². The van der Waals surface area contributed by atoms with Crippen LogP contribution in [-0.4, -0.2) is 70.3 Å². The Hall–Kier alpha value is -3.83. The molecule has 2 fully saturated rings. The first-order valence-corrected chi connectivity index (χ1v) is 13.1. The molecule has 2 N–H and O–H groups in total. The molecule has 2 amide bonds. The van der Waals surface area contributed by atoms with E-state index in [2.05, 4.69) is 15.3 Å². The van der Waals surface area contributed by atoms with Crippen LogP contribution in [0, 0.1) is 11.7 Å². The van der Waals surface area contributed by atoms with Crippen LogP contribution in [0.5, 0.6) is 0 Å². The van der Waals surface area contributed by atoms with Crippen molar-refractivity contribution in [3.05, 3.63) is 60.4 Å². The SMILES string of the molecule is CCOC(=O)C1CCN(C(=O)NC2(C)COC(c3nc(-c4ccc(F)cc4)c(-c4ccncc4)[nH]3)OC2)CC1. The van der Waals surface area contributed by atoms with Crippen LogP contribution in [0.25, 0.3) is 22.5 Å². The predicted octanol–water partition coefficient (Wildman–Crippen LogP) is 4.07.